The number of nitrogens with one attached hydrogen (secondary N) is 3. The molecule has 2 amide bonds. The number of carbonyl (C=O) groups is 2. The molecular weight excluding hydrogens is 365 g/mol. The fraction of sp³-hybridized carbons (Fsp3) is 0.125. The van der Waals surface area contributed by atoms with E-state index >= 15 is 0 Å². The van der Waals surface area contributed by atoms with E-state index in [2.05, 4.69) is 5.32 Å². The third-order valence-electron chi connectivity index (χ3n) is 3.52. The van der Waals surface area contributed by atoms with Gasteiger partial charge in [-0.25, -0.2) is 12.8 Å². The van der Waals surface area contributed by atoms with Gasteiger partial charge in [-0.05, 0) is 48.0 Å². The van der Waals surface area contributed by atoms with Crippen LogP contribution in [-0.4, -0.2) is 26.8 Å². The van der Waals surface area contributed by atoms with E-state index in [-0.39, 0.29) is 23.0 Å². The van der Waals surface area contributed by atoms with Gasteiger partial charge < -0.3 is 10.1 Å². The molecule has 26 heavy (non-hydrogen) atoms. The van der Waals surface area contributed by atoms with Crippen LogP contribution in [0.4, 0.5) is 10.1 Å². The molecule has 3 rings (SSSR count). The normalized spacial score (nSPS) is 13.0. The van der Waals surface area contributed by atoms with Gasteiger partial charge in [0.1, 0.15) is 11.6 Å². The van der Waals surface area contributed by atoms with Gasteiger partial charge in [0.05, 0.1) is 11.3 Å². The van der Waals surface area contributed by atoms with E-state index in [4.69, 9.17) is 4.74 Å². The third kappa shape index (κ3) is 4.16. The maximum Gasteiger partial charge on any atom is 0.272 e. The summed E-state index contributed by atoms with van der Waals surface area (Å²) >= 11 is 0. The minimum Gasteiger partial charge on any atom is -0.484 e. The monoisotopic (exact) mass is 379 g/mol. The molecule has 0 saturated heterocycles. The Bertz CT molecular complexity index is 960. The number of benzene rings is 2. The van der Waals surface area contributed by atoms with Crippen LogP contribution in [0, 0.1) is 5.82 Å². The molecule has 0 unspecified atom stereocenters. The Labute approximate surface area is 148 Å². The number of sulfonamides is 1. The summed E-state index contributed by atoms with van der Waals surface area (Å²) in [5.74, 6) is -1.13. The van der Waals surface area contributed by atoms with Crippen LogP contribution < -0.4 is 20.3 Å². The average Bonchev–Trinajstić information content (AvgIpc) is 2.98. The molecule has 0 radical (unpaired) electrons. The van der Waals surface area contributed by atoms with E-state index in [0.717, 1.165) is 0 Å². The maximum atomic E-state index is 12.8. The summed E-state index contributed by atoms with van der Waals surface area (Å²) < 4.78 is 42.3. The lowest BCUT2D eigenvalue weighted by atomic mass is 10.2. The summed E-state index contributed by atoms with van der Waals surface area (Å²) in [4.78, 5) is 24.9. The van der Waals surface area contributed by atoms with Crippen molar-refractivity contribution in [3.63, 3.8) is 0 Å². The molecule has 0 spiro atoms. The van der Waals surface area contributed by atoms with Crippen molar-refractivity contribution in [2.24, 2.45) is 0 Å². The van der Waals surface area contributed by atoms with Gasteiger partial charge >= 0.3 is 0 Å². The van der Waals surface area contributed by atoms with E-state index in [9.17, 15) is 22.4 Å². The van der Waals surface area contributed by atoms with Crippen molar-refractivity contribution in [2.45, 2.75) is 11.3 Å². The van der Waals surface area contributed by atoms with Crippen molar-refractivity contribution < 1.29 is 27.1 Å². The first-order valence-electron chi connectivity index (χ1n) is 7.45. The van der Waals surface area contributed by atoms with E-state index in [1.807, 2.05) is 10.3 Å². The van der Waals surface area contributed by atoms with E-state index in [1.54, 1.807) is 0 Å². The number of hydrogen-bond donors (Lipinski definition) is 3. The van der Waals surface area contributed by atoms with Crippen LogP contribution in [0.2, 0.25) is 0 Å². The summed E-state index contributed by atoms with van der Waals surface area (Å²) in [7, 11) is -4.01. The largest absolute Gasteiger partial charge is 0.484 e. The van der Waals surface area contributed by atoms with Crippen LogP contribution in [0.3, 0.4) is 0 Å². The molecule has 8 nitrogen and oxygen atoms in total. The summed E-state index contributed by atoms with van der Waals surface area (Å²) in [6, 6.07) is 9.17. The number of carbonyl (C=O) groups excluding carboxylic acids is 2. The number of halogens is 1. The molecule has 136 valence electrons. The summed E-state index contributed by atoms with van der Waals surface area (Å²) in [5, 5.41) is 2.60. The Morgan fingerprint density at radius 3 is 2.65 bits per heavy atom. The highest BCUT2D eigenvalue weighted by Crippen LogP contribution is 2.25. The molecule has 1 aliphatic heterocycles. The van der Waals surface area contributed by atoms with Crippen LogP contribution in [0.5, 0.6) is 5.75 Å². The first-order chi connectivity index (χ1) is 12.3. The number of amides is 2. The summed E-state index contributed by atoms with van der Waals surface area (Å²) in [6.07, 6.45) is 0.0938. The van der Waals surface area contributed by atoms with Crippen LogP contribution >= 0.6 is 0 Å². The minimum absolute atomic E-state index is 0.0903. The Morgan fingerprint density at radius 2 is 1.92 bits per heavy atom. The quantitative estimate of drug-likeness (QED) is 0.640. The summed E-state index contributed by atoms with van der Waals surface area (Å²) in [5.41, 5.74) is 3.14. The first kappa shape index (κ1) is 17.8. The van der Waals surface area contributed by atoms with Crippen molar-refractivity contribution in [2.75, 3.05) is 11.9 Å². The van der Waals surface area contributed by atoms with Crippen LogP contribution in [0.15, 0.2) is 47.4 Å². The van der Waals surface area contributed by atoms with Crippen molar-refractivity contribution in [1.29, 1.82) is 0 Å². The second-order valence-corrected chi connectivity index (χ2v) is 7.12. The topological polar surface area (TPSA) is 114 Å². The standard InChI is InChI=1S/C16H14FN3O5S/c17-11-1-3-12(4-2-11)25-9-16(22)19-20-26(23,24)13-5-6-14-10(7-13)8-15(21)18-14/h1-7,20H,8-9H2,(H,18,21)(H,19,22). The molecule has 0 fully saturated rings. The number of rotatable bonds is 6. The van der Waals surface area contributed by atoms with Crippen LogP contribution in [0.1, 0.15) is 5.56 Å². The summed E-state index contributed by atoms with van der Waals surface area (Å²) in [6.45, 7) is -0.462. The third-order valence-corrected chi connectivity index (χ3v) is 4.77. The molecule has 0 aliphatic carbocycles. The highest BCUT2D eigenvalue weighted by molar-refractivity contribution is 7.89. The number of anilines is 1. The highest BCUT2D eigenvalue weighted by atomic mass is 32.2. The zero-order valence-corrected chi connectivity index (χ0v) is 14.1. The SMILES string of the molecule is O=C(COc1ccc(F)cc1)NNS(=O)(=O)c1ccc2c(c1)CC(=O)N2. The lowest BCUT2D eigenvalue weighted by molar-refractivity contribution is -0.123. The van der Waals surface area contributed by atoms with Crippen LogP contribution in [0.25, 0.3) is 0 Å². The van der Waals surface area contributed by atoms with Gasteiger partial charge in [0.25, 0.3) is 15.9 Å². The number of hydrazine groups is 1. The van der Waals surface area contributed by atoms with Gasteiger partial charge in [-0.15, -0.1) is 4.83 Å². The zero-order valence-electron chi connectivity index (χ0n) is 13.3. The van der Waals surface area contributed by atoms with Crippen molar-refractivity contribution in [1.82, 2.24) is 10.3 Å². The van der Waals surface area contributed by atoms with Crippen LogP contribution in [-0.2, 0) is 26.0 Å². The zero-order chi connectivity index (χ0) is 18.7. The Kier molecular flexibility index (Phi) is 4.87. The molecule has 2 aromatic carbocycles. The average molecular weight is 379 g/mol. The molecule has 0 saturated carbocycles. The number of ether oxygens (including phenoxy) is 1. The van der Waals surface area contributed by atoms with Gasteiger partial charge in [-0.1, -0.05) is 0 Å². The lowest BCUT2D eigenvalue weighted by Gasteiger charge is -2.10. The molecule has 10 heteroatoms. The molecular formula is C16H14FN3O5S. The van der Waals surface area contributed by atoms with Gasteiger partial charge in [0.15, 0.2) is 6.61 Å². The predicted molar refractivity (Wildman–Crippen MR) is 89.1 cm³/mol. The second-order valence-electron chi connectivity index (χ2n) is 5.44. The molecule has 0 aromatic heterocycles. The van der Waals surface area contributed by atoms with Crippen molar-refractivity contribution in [3.05, 3.63) is 53.8 Å². The van der Waals surface area contributed by atoms with Crippen molar-refractivity contribution >= 4 is 27.5 Å². The number of hydrogen-bond acceptors (Lipinski definition) is 5. The first-order valence-corrected chi connectivity index (χ1v) is 8.93. The maximum absolute atomic E-state index is 12.8. The second kappa shape index (κ2) is 7.10. The highest BCUT2D eigenvalue weighted by Gasteiger charge is 2.22. The molecule has 2 aromatic rings. The Hall–Kier alpha value is -2.98. The molecule has 1 aliphatic rings. The van der Waals surface area contributed by atoms with Gasteiger partial charge in [-0.3, -0.25) is 15.0 Å². The van der Waals surface area contributed by atoms with E-state index < -0.39 is 28.4 Å². The molecule has 0 atom stereocenters. The Morgan fingerprint density at radius 1 is 1.19 bits per heavy atom. The molecule has 0 bridgehead atoms. The minimum atomic E-state index is -4.01. The molecule has 1 heterocycles. The van der Waals surface area contributed by atoms with Gasteiger partial charge in [-0.2, -0.15) is 0 Å². The van der Waals surface area contributed by atoms with Gasteiger partial charge in [0.2, 0.25) is 5.91 Å². The van der Waals surface area contributed by atoms with Crippen molar-refractivity contribution in [3.8, 4) is 5.75 Å². The van der Waals surface area contributed by atoms with Gasteiger partial charge in [0, 0.05) is 5.69 Å². The lowest BCUT2D eigenvalue weighted by Crippen LogP contribution is -2.43. The fourth-order valence-corrected chi connectivity index (χ4v) is 3.18. The fourth-order valence-electron chi connectivity index (χ4n) is 2.27. The van der Waals surface area contributed by atoms with E-state index in [1.165, 1.54) is 42.5 Å². The predicted octanol–water partition coefficient (Wildman–Crippen LogP) is 0.709. The molecule has 3 N–H and O–H groups in total. The smallest absolute Gasteiger partial charge is 0.272 e. The Balaban J connectivity index is 1.56. The number of fused-ring (bicyclic) bond motifs is 1. The van der Waals surface area contributed by atoms with E-state index in [0.29, 0.717) is 11.3 Å².